The number of hydrogen-bond acceptors (Lipinski definition) is 1. The summed E-state index contributed by atoms with van der Waals surface area (Å²) in [4.78, 5) is 0. The molecule has 0 saturated heterocycles. The van der Waals surface area contributed by atoms with Crippen molar-refractivity contribution in [2.75, 3.05) is 0 Å². The summed E-state index contributed by atoms with van der Waals surface area (Å²) in [5.41, 5.74) is 2.97. The Morgan fingerprint density at radius 3 is 2.67 bits per heavy atom. The van der Waals surface area contributed by atoms with Gasteiger partial charge in [-0.15, -0.1) is 0 Å². The Kier molecular flexibility index (Phi) is 2.42. The van der Waals surface area contributed by atoms with Gasteiger partial charge in [0.15, 0.2) is 0 Å². The van der Waals surface area contributed by atoms with Crippen LogP contribution in [0.1, 0.15) is 12.5 Å². The highest BCUT2D eigenvalue weighted by Gasteiger charge is 2.08. The van der Waals surface area contributed by atoms with E-state index in [9.17, 15) is 0 Å². The smallest absolute Gasteiger partial charge is 0.101 e. The van der Waals surface area contributed by atoms with Gasteiger partial charge in [-0.1, -0.05) is 0 Å². The van der Waals surface area contributed by atoms with Crippen molar-refractivity contribution < 1.29 is 0 Å². The van der Waals surface area contributed by atoms with Crippen molar-refractivity contribution in [3.63, 3.8) is 0 Å². The first-order valence-corrected chi connectivity index (χ1v) is 6.00. The fourth-order valence-corrected chi connectivity index (χ4v) is 2.30. The van der Waals surface area contributed by atoms with Crippen LogP contribution in [0.3, 0.4) is 0 Å². The molecule has 88 valence electrons. The molecule has 3 aromatic rings. The highest BCUT2D eigenvalue weighted by Crippen LogP contribution is 2.23. The zero-order valence-electron chi connectivity index (χ0n) is 10.2. The summed E-state index contributed by atoms with van der Waals surface area (Å²) in [6.07, 6.45) is 5.96. The Hall–Kier alpha value is -2.47. The van der Waals surface area contributed by atoms with Gasteiger partial charge in [-0.25, -0.2) is 0 Å². The summed E-state index contributed by atoms with van der Waals surface area (Å²) in [5.74, 6) is 0. The normalized spacial score (nSPS) is 10.7. The van der Waals surface area contributed by atoms with E-state index in [-0.39, 0.29) is 0 Å². The van der Waals surface area contributed by atoms with Crippen LogP contribution in [0.4, 0.5) is 0 Å². The van der Waals surface area contributed by atoms with Gasteiger partial charge < -0.3 is 9.13 Å². The number of nitriles is 1. The molecule has 3 rings (SSSR count). The molecule has 3 heteroatoms. The summed E-state index contributed by atoms with van der Waals surface area (Å²) < 4.78 is 4.18. The SMILES string of the molecule is CCn1cc(C#N)c2ccc(-n3cccc3)cc21. The van der Waals surface area contributed by atoms with E-state index in [0.717, 1.165) is 28.7 Å². The van der Waals surface area contributed by atoms with Crippen LogP contribution in [-0.2, 0) is 6.54 Å². The Bertz CT molecular complexity index is 727. The van der Waals surface area contributed by atoms with Gasteiger partial charge in [-0.05, 0) is 37.3 Å². The predicted octanol–water partition coefficient (Wildman–Crippen LogP) is 3.32. The lowest BCUT2D eigenvalue weighted by molar-refractivity contribution is 0.796. The second-order valence-electron chi connectivity index (χ2n) is 4.23. The van der Waals surface area contributed by atoms with Crippen LogP contribution in [0, 0.1) is 11.3 Å². The van der Waals surface area contributed by atoms with Crippen molar-refractivity contribution in [2.24, 2.45) is 0 Å². The number of rotatable bonds is 2. The molecule has 18 heavy (non-hydrogen) atoms. The molecule has 2 aromatic heterocycles. The molecule has 0 unspecified atom stereocenters. The van der Waals surface area contributed by atoms with Gasteiger partial charge in [0.2, 0.25) is 0 Å². The van der Waals surface area contributed by atoms with Gasteiger partial charge in [0.05, 0.1) is 11.1 Å². The lowest BCUT2D eigenvalue weighted by Gasteiger charge is -2.05. The molecule has 0 amide bonds. The van der Waals surface area contributed by atoms with Crippen molar-refractivity contribution in [3.8, 4) is 11.8 Å². The zero-order valence-corrected chi connectivity index (χ0v) is 10.2. The van der Waals surface area contributed by atoms with Crippen LogP contribution in [-0.4, -0.2) is 9.13 Å². The Morgan fingerprint density at radius 2 is 2.00 bits per heavy atom. The third-order valence-electron chi connectivity index (χ3n) is 3.23. The molecule has 0 radical (unpaired) electrons. The Balaban J connectivity index is 2.26. The largest absolute Gasteiger partial charge is 0.346 e. The molecule has 1 aromatic carbocycles. The quantitative estimate of drug-likeness (QED) is 0.670. The molecule has 2 heterocycles. The molecule has 0 N–H and O–H groups in total. The predicted molar refractivity (Wildman–Crippen MR) is 71.7 cm³/mol. The van der Waals surface area contributed by atoms with Gasteiger partial charge in [0, 0.05) is 36.2 Å². The van der Waals surface area contributed by atoms with E-state index in [2.05, 4.69) is 28.2 Å². The van der Waals surface area contributed by atoms with Crippen LogP contribution < -0.4 is 0 Å². The van der Waals surface area contributed by atoms with Gasteiger partial charge in [-0.2, -0.15) is 5.26 Å². The van der Waals surface area contributed by atoms with Gasteiger partial charge in [0.1, 0.15) is 6.07 Å². The maximum Gasteiger partial charge on any atom is 0.101 e. The van der Waals surface area contributed by atoms with Crippen LogP contribution in [0.2, 0.25) is 0 Å². The van der Waals surface area contributed by atoms with E-state index in [0.29, 0.717) is 0 Å². The summed E-state index contributed by atoms with van der Waals surface area (Å²) in [5, 5.41) is 10.2. The van der Waals surface area contributed by atoms with E-state index in [4.69, 9.17) is 5.26 Å². The van der Waals surface area contributed by atoms with Gasteiger partial charge in [-0.3, -0.25) is 0 Å². The first-order chi connectivity index (χ1) is 8.83. The average Bonchev–Trinajstić information content (AvgIpc) is 3.05. The first kappa shape index (κ1) is 10.7. The number of nitrogens with zero attached hydrogens (tertiary/aromatic N) is 3. The topological polar surface area (TPSA) is 33.6 Å². The number of aromatic nitrogens is 2. The number of aryl methyl sites for hydroxylation is 1. The van der Waals surface area contributed by atoms with Crippen molar-refractivity contribution in [1.29, 1.82) is 5.26 Å². The first-order valence-electron chi connectivity index (χ1n) is 6.00. The third kappa shape index (κ3) is 1.51. The zero-order chi connectivity index (χ0) is 12.5. The fourth-order valence-electron chi connectivity index (χ4n) is 2.30. The summed E-state index contributed by atoms with van der Waals surface area (Å²) in [6.45, 7) is 2.95. The molecule has 0 saturated carbocycles. The molecule has 3 nitrogen and oxygen atoms in total. The minimum absolute atomic E-state index is 0.742. The lowest BCUT2D eigenvalue weighted by Crippen LogP contribution is -1.93. The van der Waals surface area contributed by atoms with E-state index in [1.807, 2.05) is 42.9 Å². The van der Waals surface area contributed by atoms with Crippen LogP contribution in [0.5, 0.6) is 0 Å². The standard InChI is InChI=1S/C15H13N3/c1-2-17-11-12(10-16)14-6-5-13(9-15(14)17)18-7-3-4-8-18/h3-9,11H,2H2,1H3. The maximum atomic E-state index is 9.13. The summed E-state index contributed by atoms with van der Waals surface area (Å²) >= 11 is 0. The molecular weight excluding hydrogens is 222 g/mol. The molecule has 0 aliphatic carbocycles. The second-order valence-corrected chi connectivity index (χ2v) is 4.23. The molecule has 0 spiro atoms. The highest BCUT2D eigenvalue weighted by molar-refractivity contribution is 5.88. The molecule has 0 aliphatic heterocycles. The van der Waals surface area contributed by atoms with E-state index >= 15 is 0 Å². The average molecular weight is 235 g/mol. The maximum absolute atomic E-state index is 9.13. The van der Waals surface area contributed by atoms with Gasteiger partial charge >= 0.3 is 0 Å². The summed E-state index contributed by atoms with van der Waals surface area (Å²) in [6, 6.07) is 12.5. The number of fused-ring (bicyclic) bond motifs is 1. The monoisotopic (exact) mass is 235 g/mol. The Labute approximate surface area is 105 Å². The Morgan fingerprint density at radius 1 is 1.22 bits per heavy atom. The van der Waals surface area contributed by atoms with Crippen molar-refractivity contribution >= 4 is 10.9 Å². The fraction of sp³-hybridized carbons (Fsp3) is 0.133. The second kappa shape index (κ2) is 4.08. The van der Waals surface area contributed by atoms with Crippen molar-refractivity contribution in [3.05, 3.63) is 54.5 Å². The summed E-state index contributed by atoms with van der Waals surface area (Å²) in [7, 11) is 0. The highest BCUT2D eigenvalue weighted by atomic mass is 15.0. The number of benzene rings is 1. The lowest BCUT2D eigenvalue weighted by atomic mass is 10.2. The minimum Gasteiger partial charge on any atom is -0.346 e. The molecule has 0 aliphatic rings. The molecule has 0 bridgehead atoms. The van der Waals surface area contributed by atoms with Crippen molar-refractivity contribution in [1.82, 2.24) is 9.13 Å². The molecule has 0 atom stereocenters. The molecular formula is C15H13N3. The van der Waals surface area contributed by atoms with E-state index < -0.39 is 0 Å². The third-order valence-corrected chi connectivity index (χ3v) is 3.23. The minimum atomic E-state index is 0.742. The van der Waals surface area contributed by atoms with Crippen LogP contribution >= 0.6 is 0 Å². The number of hydrogen-bond donors (Lipinski definition) is 0. The molecule has 0 fully saturated rings. The van der Waals surface area contributed by atoms with Crippen LogP contribution in [0.15, 0.2) is 48.9 Å². The van der Waals surface area contributed by atoms with Crippen molar-refractivity contribution in [2.45, 2.75) is 13.5 Å². The van der Waals surface area contributed by atoms with Gasteiger partial charge in [0.25, 0.3) is 0 Å². The van der Waals surface area contributed by atoms with E-state index in [1.54, 1.807) is 0 Å². The van der Waals surface area contributed by atoms with E-state index in [1.165, 1.54) is 0 Å². The van der Waals surface area contributed by atoms with Crippen LogP contribution in [0.25, 0.3) is 16.6 Å².